The molecule has 0 aliphatic carbocycles. The third kappa shape index (κ3) is 4.92. The first-order valence-corrected chi connectivity index (χ1v) is 9.25. The fourth-order valence-corrected chi connectivity index (χ4v) is 3.16. The van der Waals surface area contributed by atoms with E-state index in [0.29, 0.717) is 24.5 Å². The normalized spacial score (nSPS) is 14.0. The summed E-state index contributed by atoms with van der Waals surface area (Å²) in [4.78, 5) is 27.6. The van der Waals surface area contributed by atoms with E-state index >= 15 is 0 Å². The topological polar surface area (TPSA) is 64.7 Å². The van der Waals surface area contributed by atoms with Crippen LogP contribution >= 0.6 is 11.6 Å². The zero-order chi connectivity index (χ0) is 19.4. The van der Waals surface area contributed by atoms with Crippen molar-refractivity contribution in [3.8, 4) is 0 Å². The molecule has 0 bridgehead atoms. The van der Waals surface area contributed by atoms with Crippen molar-refractivity contribution in [2.45, 2.75) is 13.8 Å². The van der Waals surface area contributed by atoms with E-state index in [0.717, 1.165) is 29.4 Å². The Balaban J connectivity index is 1.53. The second-order valence-corrected chi connectivity index (χ2v) is 7.00. The number of nitrogens with zero attached hydrogens (tertiary/aromatic N) is 2. The SMILES string of the molecule is CC(=O)Nc1ccc(NC(=O)N2CCN(c3ccc(C)c(Cl)c3)CC2)cc1. The zero-order valence-electron chi connectivity index (χ0n) is 15.5. The van der Waals surface area contributed by atoms with Gasteiger partial charge < -0.3 is 20.4 Å². The van der Waals surface area contributed by atoms with E-state index in [1.807, 2.05) is 19.1 Å². The van der Waals surface area contributed by atoms with Crippen molar-refractivity contribution < 1.29 is 9.59 Å². The minimum Gasteiger partial charge on any atom is -0.368 e. The summed E-state index contributed by atoms with van der Waals surface area (Å²) in [6, 6.07) is 13.0. The van der Waals surface area contributed by atoms with Crippen LogP contribution < -0.4 is 15.5 Å². The molecule has 0 atom stereocenters. The first-order valence-electron chi connectivity index (χ1n) is 8.87. The van der Waals surface area contributed by atoms with Gasteiger partial charge in [0.2, 0.25) is 5.91 Å². The molecule has 142 valence electrons. The van der Waals surface area contributed by atoms with E-state index in [2.05, 4.69) is 21.6 Å². The van der Waals surface area contributed by atoms with Gasteiger partial charge in [-0.15, -0.1) is 0 Å². The molecule has 27 heavy (non-hydrogen) atoms. The number of anilines is 3. The van der Waals surface area contributed by atoms with Gasteiger partial charge in [-0.2, -0.15) is 0 Å². The Morgan fingerprint density at radius 1 is 0.926 bits per heavy atom. The number of aryl methyl sites for hydroxylation is 1. The smallest absolute Gasteiger partial charge is 0.321 e. The molecule has 0 saturated carbocycles. The molecule has 1 aliphatic rings. The number of hydrogen-bond acceptors (Lipinski definition) is 3. The molecule has 0 aromatic heterocycles. The van der Waals surface area contributed by atoms with E-state index in [-0.39, 0.29) is 11.9 Å². The predicted octanol–water partition coefficient (Wildman–Crippen LogP) is 3.96. The summed E-state index contributed by atoms with van der Waals surface area (Å²) in [6.45, 7) is 6.24. The van der Waals surface area contributed by atoms with Crippen LogP contribution in [0.15, 0.2) is 42.5 Å². The Morgan fingerprint density at radius 3 is 2.07 bits per heavy atom. The summed E-state index contributed by atoms with van der Waals surface area (Å²) in [5, 5.41) is 6.36. The van der Waals surface area contributed by atoms with Crippen LogP contribution in [0, 0.1) is 6.92 Å². The van der Waals surface area contributed by atoms with Crippen molar-refractivity contribution in [1.29, 1.82) is 0 Å². The number of amides is 3. The van der Waals surface area contributed by atoms with Crippen molar-refractivity contribution >= 4 is 40.6 Å². The Morgan fingerprint density at radius 2 is 1.52 bits per heavy atom. The molecule has 1 fully saturated rings. The minimum atomic E-state index is -0.125. The number of carbonyl (C=O) groups excluding carboxylic acids is 2. The third-order valence-corrected chi connectivity index (χ3v) is 4.95. The number of halogens is 1. The first kappa shape index (κ1) is 19.0. The summed E-state index contributed by atoms with van der Waals surface area (Å²) in [5.41, 5.74) is 3.54. The van der Waals surface area contributed by atoms with Crippen LogP contribution in [0.5, 0.6) is 0 Å². The molecule has 3 amide bonds. The number of benzene rings is 2. The van der Waals surface area contributed by atoms with Gasteiger partial charge in [-0.05, 0) is 48.9 Å². The highest BCUT2D eigenvalue weighted by molar-refractivity contribution is 6.31. The summed E-state index contributed by atoms with van der Waals surface area (Å²) >= 11 is 6.22. The van der Waals surface area contributed by atoms with E-state index in [1.165, 1.54) is 6.92 Å². The molecular weight excluding hydrogens is 364 g/mol. The van der Waals surface area contributed by atoms with Crippen LogP contribution in [0.1, 0.15) is 12.5 Å². The molecule has 0 spiro atoms. The second kappa shape index (κ2) is 8.31. The maximum Gasteiger partial charge on any atom is 0.321 e. The molecule has 0 radical (unpaired) electrons. The van der Waals surface area contributed by atoms with Crippen molar-refractivity contribution in [2.24, 2.45) is 0 Å². The van der Waals surface area contributed by atoms with Crippen LogP contribution in [-0.4, -0.2) is 43.0 Å². The van der Waals surface area contributed by atoms with Gasteiger partial charge in [-0.25, -0.2) is 4.79 Å². The number of urea groups is 1. The molecule has 1 aliphatic heterocycles. The van der Waals surface area contributed by atoms with Gasteiger partial charge in [0.15, 0.2) is 0 Å². The van der Waals surface area contributed by atoms with Crippen molar-refractivity contribution in [3.63, 3.8) is 0 Å². The minimum absolute atomic E-state index is 0.121. The molecule has 2 aromatic rings. The number of rotatable bonds is 3. The van der Waals surface area contributed by atoms with Crippen molar-refractivity contribution in [3.05, 3.63) is 53.1 Å². The van der Waals surface area contributed by atoms with Crippen molar-refractivity contribution in [1.82, 2.24) is 4.90 Å². The number of nitrogens with one attached hydrogen (secondary N) is 2. The highest BCUT2D eigenvalue weighted by atomic mass is 35.5. The highest BCUT2D eigenvalue weighted by Crippen LogP contribution is 2.24. The predicted molar refractivity (Wildman–Crippen MR) is 110 cm³/mol. The lowest BCUT2D eigenvalue weighted by molar-refractivity contribution is -0.114. The van der Waals surface area contributed by atoms with E-state index in [1.54, 1.807) is 29.2 Å². The molecule has 7 heteroatoms. The lowest BCUT2D eigenvalue weighted by atomic mass is 10.2. The molecule has 2 N–H and O–H groups in total. The fraction of sp³-hybridized carbons (Fsp3) is 0.300. The quantitative estimate of drug-likeness (QED) is 0.839. The highest BCUT2D eigenvalue weighted by Gasteiger charge is 2.21. The Kier molecular flexibility index (Phi) is 5.86. The van der Waals surface area contributed by atoms with Gasteiger partial charge in [-0.3, -0.25) is 4.79 Å². The average molecular weight is 387 g/mol. The van der Waals surface area contributed by atoms with Crippen LogP contribution in [0.2, 0.25) is 5.02 Å². The van der Waals surface area contributed by atoms with Crippen LogP contribution in [0.4, 0.5) is 21.9 Å². The largest absolute Gasteiger partial charge is 0.368 e. The van der Waals surface area contributed by atoms with Gasteiger partial charge >= 0.3 is 6.03 Å². The van der Waals surface area contributed by atoms with E-state index < -0.39 is 0 Å². The number of carbonyl (C=O) groups is 2. The van der Waals surface area contributed by atoms with Gasteiger partial charge in [0.05, 0.1) is 0 Å². The molecule has 3 rings (SSSR count). The van der Waals surface area contributed by atoms with Crippen LogP contribution in [0.25, 0.3) is 0 Å². The maximum atomic E-state index is 12.5. The second-order valence-electron chi connectivity index (χ2n) is 6.60. The molecule has 1 heterocycles. The zero-order valence-corrected chi connectivity index (χ0v) is 16.2. The monoisotopic (exact) mass is 386 g/mol. The lowest BCUT2D eigenvalue weighted by Gasteiger charge is -2.36. The molecule has 1 saturated heterocycles. The van der Waals surface area contributed by atoms with E-state index in [4.69, 9.17) is 11.6 Å². The Hall–Kier alpha value is -2.73. The standard InChI is InChI=1S/C20H23ClN4O2/c1-14-3-8-18(13-19(14)21)24-9-11-25(12-10-24)20(27)23-17-6-4-16(5-7-17)22-15(2)26/h3-8,13H,9-12H2,1-2H3,(H,22,26)(H,23,27). The molecule has 2 aromatic carbocycles. The first-order chi connectivity index (χ1) is 12.9. The van der Waals surface area contributed by atoms with E-state index in [9.17, 15) is 9.59 Å². The van der Waals surface area contributed by atoms with Gasteiger partial charge in [0.25, 0.3) is 0 Å². The summed E-state index contributed by atoms with van der Waals surface area (Å²) < 4.78 is 0. The Bertz CT molecular complexity index is 830. The van der Waals surface area contributed by atoms with Crippen LogP contribution in [-0.2, 0) is 4.79 Å². The summed E-state index contributed by atoms with van der Waals surface area (Å²) in [6.07, 6.45) is 0. The maximum absolute atomic E-state index is 12.5. The molecule has 6 nitrogen and oxygen atoms in total. The van der Waals surface area contributed by atoms with Crippen molar-refractivity contribution in [2.75, 3.05) is 41.7 Å². The van der Waals surface area contributed by atoms with Gasteiger partial charge in [0, 0.05) is 55.2 Å². The summed E-state index contributed by atoms with van der Waals surface area (Å²) in [7, 11) is 0. The number of hydrogen-bond donors (Lipinski definition) is 2. The van der Waals surface area contributed by atoms with Crippen LogP contribution in [0.3, 0.4) is 0 Å². The fourth-order valence-electron chi connectivity index (χ4n) is 2.99. The average Bonchev–Trinajstić information content (AvgIpc) is 2.65. The molecular formula is C20H23ClN4O2. The lowest BCUT2D eigenvalue weighted by Crippen LogP contribution is -2.50. The Labute approximate surface area is 164 Å². The number of piperazine rings is 1. The third-order valence-electron chi connectivity index (χ3n) is 4.54. The summed E-state index contributed by atoms with van der Waals surface area (Å²) in [5.74, 6) is -0.125. The molecule has 0 unspecified atom stereocenters. The van der Waals surface area contributed by atoms with Gasteiger partial charge in [-0.1, -0.05) is 17.7 Å². The van der Waals surface area contributed by atoms with Gasteiger partial charge in [0.1, 0.15) is 0 Å².